The Hall–Kier alpha value is -3.99. The van der Waals surface area contributed by atoms with Crippen LogP contribution in [0.3, 0.4) is 0 Å². The molecule has 4 heterocycles. The number of H-pyrrole nitrogens is 1. The van der Waals surface area contributed by atoms with Crippen LogP contribution >= 0.6 is 0 Å². The monoisotopic (exact) mass is 681 g/mol. The lowest BCUT2D eigenvalue weighted by molar-refractivity contribution is -0.154. The second kappa shape index (κ2) is 15.7. The Bertz CT molecular complexity index is 1780. The fourth-order valence-electron chi connectivity index (χ4n) is 6.77. The molecule has 2 saturated heterocycles. The number of imidazole rings is 1. The molecule has 2 aliphatic heterocycles. The maximum absolute atomic E-state index is 13.7. The molecule has 0 spiro atoms. The molecular weight excluding hydrogens is 634 g/mol. The number of ether oxygens (including phenoxy) is 3. The van der Waals surface area contributed by atoms with E-state index in [-0.39, 0.29) is 47.8 Å². The van der Waals surface area contributed by atoms with E-state index in [2.05, 4.69) is 27.2 Å². The highest BCUT2D eigenvalue weighted by molar-refractivity contribution is 5.96. The van der Waals surface area contributed by atoms with Crippen molar-refractivity contribution >= 4 is 28.5 Å². The molecule has 0 aliphatic carbocycles. The zero-order valence-electron chi connectivity index (χ0n) is 28.4. The van der Waals surface area contributed by atoms with Crippen LogP contribution in [0.15, 0.2) is 46.5 Å². The predicted molar refractivity (Wildman–Crippen MR) is 182 cm³/mol. The maximum Gasteiger partial charge on any atom is 0.333 e. The van der Waals surface area contributed by atoms with Crippen molar-refractivity contribution in [1.29, 1.82) is 0 Å². The fraction of sp³-hybridized carbons (Fsp3) is 0.559. The summed E-state index contributed by atoms with van der Waals surface area (Å²) in [5, 5.41) is 16.2. The number of anilines is 1. The first-order valence-corrected chi connectivity index (χ1v) is 16.7. The molecule has 1 unspecified atom stereocenters. The number of amides is 1. The Morgan fingerprint density at radius 2 is 1.94 bits per heavy atom. The van der Waals surface area contributed by atoms with Gasteiger partial charge in [-0.1, -0.05) is 38.5 Å². The van der Waals surface area contributed by atoms with Crippen molar-refractivity contribution in [2.45, 2.75) is 89.9 Å². The summed E-state index contributed by atoms with van der Waals surface area (Å²) < 4.78 is 21.2. The van der Waals surface area contributed by atoms with E-state index in [1.54, 1.807) is 38.2 Å². The number of allylic oxidation sites excluding steroid dienone is 1. The number of nitrogens with one attached hydrogen (secondary N) is 3. The number of aromatic amines is 1. The van der Waals surface area contributed by atoms with Gasteiger partial charge in [0.05, 0.1) is 12.6 Å². The van der Waals surface area contributed by atoms with Crippen LogP contribution in [0.5, 0.6) is 0 Å². The van der Waals surface area contributed by atoms with Gasteiger partial charge in [-0.15, -0.1) is 6.58 Å². The average molecular weight is 682 g/mol. The number of likely N-dealkylation sites (N-methyl/N-ethyl adjacent to an activating group) is 1. The van der Waals surface area contributed by atoms with E-state index in [0.717, 1.165) is 6.42 Å². The van der Waals surface area contributed by atoms with Crippen LogP contribution in [0, 0.1) is 18.8 Å². The smallest absolute Gasteiger partial charge is 0.333 e. The standard InChI is InChI=1S/C34H47N7O8/c1-6-14-40-26-29(37-19(4)38-31(26)45)41(34(40)46)32-28-27(24(17-42)47-32)48-33(49-28)21-11-9-12-22(15-21)39-30(44)20(10-7-8-13-35)16-23(43)25(36-5)18(2)3/h6,9,11-12,15,18,20,24-25,27-28,32-33,36,42H,1,7-8,10,13-14,16-17,35H2,2-5H3,(H,39,44)(H,37,38,45)/t20-,24-,25+,27-,28-,32-,33?/m1/s1. The van der Waals surface area contributed by atoms with Crippen molar-refractivity contribution in [3.05, 3.63) is 69.1 Å². The number of carbonyl (C=O) groups excluding carboxylic acids is 2. The van der Waals surface area contributed by atoms with Gasteiger partial charge < -0.3 is 40.7 Å². The van der Waals surface area contributed by atoms with Gasteiger partial charge in [0.1, 0.15) is 24.1 Å². The number of Topliss-reactive ketones (excluding diaryl/α,β-unsaturated/α-hetero) is 1. The summed E-state index contributed by atoms with van der Waals surface area (Å²) in [4.78, 5) is 60.3. The molecule has 0 bridgehead atoms. The lowest BCUT2D eigenvalue weighted by atomic mass is 9.89. The quantitative estimate of drug-likeness (QED) is 0.109. The van der Waals surface area contributed by atoms with E-state index in [1.165, 1.54) is 15.2 Å². The first kappa shape index (κ1) is 36.3. The maximum atomic E-state index is 13.7. The third kappa shape index (κ3) is 7.46. The zero-order chi connectivity index (χ0) is 35.4. The summed E-state index contributed by atoms with van der Waals surface area (Å²) in [7, 11) is 1.74. The number of ketones is 1. The number of aromatic nitrogens is 4. The first-order chi connectivity index (χ1) is 23.5. The molecule has 266 valence electrons. The Morgan fingerprint density at radius 3 is 2.61 bits per heavy atom. The molecule has 1 amide bonds. The van der Waals surface area contributed by atoms with Crippen LogP contribution < -0.4 is 27.6 Å². The third-order valence-corrected chi connectivity index (χ3v) is 9.10. The van der Waals surface area contributed by atoms with Crippen LogP contribution in [0.1, 0.15) is 63.4 Å². The van der Waals surface area contributed by atoms with Crippen molar-refractivity contribution in [3.8, 4) is 0 Å². The SMILES string of the molecule is C=CCn1c(=O)n([C@@H]2O[C@H](CO)[C@H]3OC(c4cccc(NC(=O)[C@H](CCCCN)CC(=O)[C@@H](NC)C(C)C)c4)O[C@H]32)c2nc(C)[nH]c(=O)c21. The number of aryl methyl sites for hydroxylation is 1. The molecule has 1 aromatic carbocycles. The zero-order valence-corrected chi connectivity index (χ0v) is 28.4. The van der Waals surface area contributed by atoms with Crippen LogP contribution in [0.2, 0.25) is 0 Å². The molecule has 0 saturated carbocycles. The number of aliphatic hydroxyl groups excluding tert-OH is 1. The molecule has 7 atom stereocenters. The topological polar surface area (TPSA) is 205 Å². The second-order valence-electron chi connectivity index (χ2n) is 12.9. The molecule has 5 rings (SSSR count). The van der Waals surface area contributed by atoms with Gasteiger partial charge in [0.2, 0.25) is 5.91 Å². The van der Waals surface area contributed by atoms with E-state index in [9.17, 15) is 24.3 Å². The molecule has 6 N–H and O–H groups in total. The van der Waals surface area contributed by atoms with Crippen molar-refractivity contribution in [2.24, 2.45) is 17.6 Å². The Labute approximate surface area is 283 Å². The summed E-state index contributed by atoms with van der Waals surface area (Å²) in [5.74, 6) is -0.438. The van der Waals surface area contributed by atoms with Crippen molar-refractivity contribution in [2.75, 3.05) is 25.5 Å². The van der Waals surface area contributed by atoms with Crippen LogP contribution in [0.4, 0.5) is 5.69 Å². The van der Waals surface area contributed by atoms with Gasteiger partial charge in [0, 0.05) is 30.1 Å². The van der Waals surface area contributed by atoms with Gasteiger partial charge >= 0.3 is 5.69 Å². The highest BCUT2D eigenvalue weighted by Crippen LogP contribution is 2.44. The van der Waals surface area contributed by atoms with E-state index < -0.39 is 54.6 Å². The highest BCUT2D eigenvalue weighted by atomic mass is 16.8. The number of hydrogen-bond acceptors (Lipinski definition) is 11. The van der Waals surface area contributed by atoms with E-state index >= 15 is 0 Å². The normalized spacial score (nSPS) is 23.1. The van der Waals surface area contributed by atoms with Gasteiger partial charge in [-0.3, -0.25) is 19.0 Å². The van der Waals surface area contributed by atoms with Gasteiger partial charge in [-0.05, 0) is 51.4 Å². The van der Waals surface area contributed by atoms with E-state index in [0.29, 0.717) is 36.5 Å². The first-order valence-electron chi connectivity index (χ1n) is 16.7. The van der Waals surface area contributed by atoms with Crippen molar-refractivity contribution in [3.63, 3.8) is 0 Å². The minimum absolute atomic E-state index is 0.0182. The molecule has 2 aromatic heterocycles. The minimum atomic E-state index is -1.07. The fourth-order valence-corrected chi connectivity index (χ4v) is 6.77. The summed E-state index contributed by atoms with van der Waals surface area (Å²) in [6, 6.07) is 6.64. The number of fused-ring (bicyclic) bond motifs is 2. The van der Waals surface area contributed by atoms with Crippen LogP contribution in [-0.4, -0.2) is 80.5 Å². The van der Waals surface area contributed by atoms with Gasteiger partial charge in [0.25, 0.3) is 5.56 Å². The molecule has 49 heavy (non-hydrogen) atoms. The van der Waals surface area contributed by atoms with E-state index in [1.807, 2.05) is 13.8 Å². The largest absolute Gasteiger partial charge is 0.394 e. The number of nitrogens with zero attached hydrogens (tertiary/aromatic N) is 3. The van der Waals surface area contributed by atoms with Crippen LogP contribution in [-0.2, 0) is 30.3 Å². The number of hydrogen-bond donors (Lipinski definition) is 5. The van der Waals surface area contributed by atoms with Crippen molar-refractivity contribution < 1.29 is 28.9 Å². The van der Waals surface area contributed by atoms with Crippen LogP contribution in [0.25, 0.3) is 11.2 Å². The molecule has 0 radical (unpaired) electrons. The number of benzene rings is 1. The van der Waals surface area contributed by atoms with Gasteiger partial charge in [0.15, 0.2) is 29.5 Å². The Kier molecular flexibility index (Phi) is 11.6. The Balaban J connectivity index is 1.38. The highest BCUT2D eigenvalue weighted by Gasteiger charge is 2.54. The predicted octanol–water partition coefficient (Wildman–Crippen LogP) is 1.64. The number of rotatable bonds is 16. The molecule has 15 heteroatoms. The summed E-state index contributed by atoms with van der Waals surface area (Å²) in [6.45, 7) is 9.39. The molecule has 2 fully saturated rings. The van der Waals surface area contributed by atoms with Crippen molar-refractivity contribution in [1.82, 2.24) is 24.4 Å². The lowest BCUT2D eigenvalue weighted by Crippen LogP contribution is -2.40. The third-order valence-electron chi connectivity index (χ3n) is 9.10. The molecular formula is C34H47N7O8. The summed E-state index contributed by atoms with van der Waals surface area (Å²) >= 11 is 0. The molecule has 15 nitrogen and oxygen atoms in total. The number of unbranched alkanes of at least 4 members (excludes halogenated alkanes) is 1. The lowest BCUT2D eigenvalue weighted by Gasteiger charge is -2.23. The number of carbonyl (C=O) groups is 2. The number of aliphatic hydroxyl groups is 1. The minimum Gasteiger partial charge on any atom is -0.394 e. The Morgan fingerprint density at radius 1 is 1.18 bits per heavy atom. The second-order valence-corrected chi connectivity index (χ2v) is 12.9. The summed E-state index contributed by atoms with van der Waals surface area (Å²) in [5.41, 5.74) is 5.91. The number of nitrogens with two attached hydrogens (primary N) is 1. The van der Waals surface area contributed by atoms with Gasteiger partial charge in [-0.25, -0.2) is 14.3 Å². The molecule has 3 aromatic rings. The summed E-state index contributed by atoms with van der Waals surface area (Å²) in [6.07, 6.45) is -0.843. The van der Waals surface area contributed by atoms with Gasteiger partial charge in [-0.2, -0.15) is 0 Å². The average Bonchev–Trinajstić information content (AvgIpc) is 3.71. The molecule has 2 aliphatic rings. The van der Waals surface area contributed by atoms with E-state index in [4.69, 9.17) is 19.9 Å².